The number of thiocarbonyl (C=S) groups is 1. The fraction of sp³-hybridized carbons (Fsp3) is 0.409. The Bertz CT molecular complexity index is 1120. The van der Waals surface area contributed by atoms with Gasteiger partial charge in [0.15, 0.2) is 0 Å². The molecule has 2 heterocycles. The maximum absolute atomic E-state index is 13.5. The van der Waals surface area contributed by atoms with Gasteiger partial charge in [-0.15, -0.1) is 0 Å². The Kier molecular flexibility index (Phi) is 4.30. The van der Waals surface area contributed by atoms with Crippen LogP contribution in [-0.4, -0.2) is 21.0 Å². The third kappa shape index (κ3) is 2.56. The lowest BCUT2D eigenvalue weighted by atomic mass is 9.73. The fourth-order valence-electron chi connectivity index (χ4n) is 5.24. The number of benzene rings is 1. The summed E-state index contributed by atoms with van der Waals surface area (Å²) in [5, 5.41) is 1.16. The molecule has 6 heteroatoms. The number of fused-ring (bicyclic) bond motifs is 6. The number of hydrogen-bond acceptors (Lipinski definition) is 4. The van der Waals surface area contributed by atoms with E-state index in [4.69, 9.17) is 34.5 Å². The van der Waals surface area contributed by atoms with E-state index in [0.29, 0.717) is 33.6 Å². The highest BCUT2D eigenvalue weighted by Gasteiger charge is 2.48. The lowest BCUT2D eigenvalue weighted by molar-refractivity contribution is 0.228. The molecule has 0 spiro atoms. The third-order valence-electron chi connectivity index (χ3n) is 6.57. The first-order valence-corrected chi connectivity index (χ1v) is 10.7. The topological polar surface area (TPSA) is 60.9 Å². The minimum atomic E-state index is -0.589. The van der Waals surface area contributed by atoms with Crippen LogP contribution in [0.3, 0.4) is 0 Å². The number of hydrogen-bond donors (Lipinski definition) is 1. The van der Waals surface area contributed by atoms with Gasteiger partial charge in [0.1, 0.15) is 11.4 Å². The van der Waals surface area contributed by atoms with Gasteiger partial charge in [0.2, 0.25) is 0 Å². The van der Waals surface area contributed by atoms with Crippen LogP contribution in [0.5, 0.6) is 0 Å². The van der Waals surface area contributed by atoms with Gasteiger partial charge >= 0.3 is 0 Å². The molecule has 1 aliphatic heterocycles. The van der Waals surface area contributed by atoms with Crippen LogP contribution in [0.4, 0.5) is 0 Å². The number of rotatable bonds is 3. The van der Waals surface area contributed by atoms with Gasteiger partial charge in [-0.05, 0) is 55.8 Å². The van der Waals surface area contributed by atoms with Crippen LogP contribution in [0, 0.1) is 11.8 Å². The summed E-state index contributed by atoms with van der Waals surface area (Å²) >= 11 is 12.0. The van der Waals surface area contributed by atoms with Crippen molar-refractivity contribution in [3.63, 3.8) is 0 Å². The van der Waals surface area contributed by atoms with Crippen molar-refractivity contribution in [2.45, 2.75) is 37.6 Å². The Morgan fingerprint density at radius 3 is 2.96 bits per heavy atom. The largest absolute Gasteiger partial charge is 0.330 e. The molecule has 0 radical (unpaired) electrons. The molecule has 1 aromatic heterocycles. The predicted octanol–water partition coefficient (Wildman–Crippen LogP) is 4.24. The minimum Gasteiger partial charge on any atom is -0.330 e. The molecule has 1 fully saturated rings. The molecule has 1 aromatic carbocycles. The maximum atomic E-state index is 13.5. The quantitative estimate of drug-likeness (QED) is 0.767. The van der Waals surface area contributed by atoms with Gasteiger partial charge in [-0.2, -0.15) is 0 Å². The molecule has 3 aliphatic rings. The zero-order chi connectivity index (χ0) is 19.5. The highest BCUT2D eigenvalue weighted by atomic mass is 35.5. The number of halogens is 1. The van der Waals surface area contributed by atoms with Crippen molar-refractivity contribution in [2.75, 3.05) is 6.54 Å². The van der Waals surface area contributed by atoms with E-state index in [0.717, 1.165) is 36.2 Å². The molecule has 2 aliphatic carbocycles. The molecular weight excluding hydrogens is 390 g/mol. The van der Waals surface area contributed by atoms with Crippen molar-refractivity contribution in [3.8, 4) is 0 Å². The summed E-state index contributed by atoms with van der Waals surface area (Å²) in [6, 6.07) is 5.26. The van der Waals surface area contributed by atoms with E-state index in [1.807, 2.05) is 16.7 Å². The molecule has 28 heavy (non-hydrogen) atoms. The second kappa shape index (κ2) is 6.61. The lowest BCUT2D eigenvalue weighted by Gasteiger charge is -2.36. The van der Waals surface area contributed by atoms with E-state index >= 15 is 0 Å². The van der Waals surface area contributed by atoms with Crippen LogP contribution in [0.15, 0.2) is 41.2 Å². The van der Waals surface area contributed by atoms with E-state index in [1.165, 1.54) is 12.8 Å². The summed E-state index contributed by atoms with van der Waals surface area (Å²) in [6.07, 6.45) is 11.6. The molecule has 0 amide bonds. The zero-order valence-corrected chi connectivity index (χ0v) is 17.1. The zero-order valence-electron chi connectivity index (χ0n) is 15.5. The number of nitrogens with two attached hydrogens (primary N) is 1. The van der Waals surface area contributed by atoms with E-state index in [2.05, 4.69) is 6.08 Å². The Hall–Kier alpha value is -1.82. The Morgan fingerprint density at radius 2 is 2.14 bits per heavy atom. The summed E-state index contributed by atoms with van der Waals surface area (Å²) in [4.78, 5) is 19.1. The summed E-state index contributed by atoms with van der Waals surface area (Å²) in [7, 11) is 0. The predicted molar refractivity (Wildman–Crippen MR) is 118 cm³/mol. The van der Waals surface area contributed by atoms with Crippen molar-refractivity contribution in [2.24, 2.45) is 17.6 Å². The van der Waals surface area contributed by atoms with Crippen LogP contribution < -0.4 is 11.3 Å². The maximum Gasteiger partial charge on any atom is 0.262 e. The molecule has 4 nitrogen and oxygen atoms in total. The minimum absolute atomic E-state index is 0.0415. The fourth-order valence-corrected chi connectivity index (χ4v) is 5.81. The molecule has 144 valence electrons. The van der Waals surface area contributed by atoms with E-state index in [9.17, 15) is 4.79 Å². The third-order valence-corrected chi connectivity index (χ3v) is 7.38. The number of nitrogens with zero attached hydrogens (tertiary/aromatic N) is 2. The van der Waals surface area contributed by atoms with Crippen LogP contribution in [-0.2, 0) is 5.54 Å². The van der Waals surface area contributed by atoms with Gasteiger partial charge in [0.05, 0.1) is 15.8 Å². The van der Waals surface area contributed by atoms with Crippen LogP contribution in [0.25, 0.3) is 16.5 Å². The van der Waals surface area contributed by atoms with Crippen molar-refractivity contribution >= 4 is 45.2 Å². The summed E-state index contributed by atoms with van der Waals surface area (Å²) < 4.78 is 1.84. The first-order valence-electron chi connectivity index (χ1n) is 9.91. The number of aromatic nitrogens is 2. The smallest absolute Gasteiger partial charge is 0.262 e. The summed E-state index contributed by atoms with van der Waals surface area (Å²) in [5.41, 5.74) is 6.83. The van der Waals surface area contributed by atoms with Crippen LogP contribution in [0.1, 0.15) is 37.9 Å². The van der Waals surface area contributed by atoms with Gasteiger partial charge in [0, 0.05) is 10.6 Å². The molecule has 2 aromatic rings. The molecular formula is C22H22ClN3OS. The van der Waals surface area contributed by atoms with E-state index < -0.39 is 5.54 Å². The molecule has 2 bridgehead atoms. The van der Waals surface area contributed by atoms with Gasteiger partial charge in [-0.1, -0.05) is 54.9 Å². The summed E-state index contributed by atoms with van der Waals surface area (Å²) in [6.45, 7) is 0.735. The van der Waals surface area contributed by atoms with Gasteiger partial charge in [-0.3, -0.25) is 9.36 Å². The summed E-state index contributed by atoms with van der Waals surface area (Å²) in [5.74, 6) is 1.74. The van der Waals surface area contributed by atoms with E-state index in [1.54, 1.807) is 18.2 Å². The molecule has 1 saturated carbocycles. The van der Waals surface area contributed by atoms with Crippen molar-refractivity contribution in [3.05, 3.63) is 57.6 Å². The van der Waals surface area contributed by atoms with Gasteiger partial charge < -0.3 is 5.73 Å². The molecule has 5 rings (SSSR count). The van der Waals surface area contributed by atoms with Gasteiger partial charge in [0.25, 0.3) is 5.56 Å². The standard InChI is InChI=1S/C22H22ClN3OS/c23-15-6-7-16-18(10-15)25-20-17-5-2-8-22(19(17)28,26(20)21(16)27)11-13-3-1-4-14(9-13)12-24/h2,5-8,10,13-14H,1,3-4,9,11-12,24H2. The molecule has 3 atom stereocenters. The number of allylic oxidation sites excluding steroid dienone is 4. The highest BCUT2D eigenvalue weighted by Crippen LogP contribution is 2.46. The average molecular weight is 412 g/mol. The van der Waals surface area contributed by atoms with Crippen LogP contribution >= 0.6 is 23.8 Å². The molecule has 2 N–H and O–H groups in total. The lowest BCUT2D eigenvalue weighted by Crippen LogP contribution is -2.44. The van der Waals surface area contributed by atoms with E-state index in [-0.39, 0.29) is 5.56 Å². The first kappa shape index (κ1) is 18.2. The average Bonchev–Trinajstić information content (AvgIpc) is 2.81. The molecule has 3 unspecified atom stereocenters. The highest BCUT2D eigenvalue weighted by molar-refractivity contribution is 7.81. The normalized spacial score (nSPS) is 28.5. The Morgan fingerprint density at radius 1 is 1.32 bits per heavy atom. The first-order chi connectivity index (χ1) is 13.5. The van der Waals surface area contributed by atoms with Crippen molar-refractivity contribution in [1.29, 1.82) is 0 Å². The van der Waals surface area contributed by atoms with Gasteiger partial charge in [-0.25, -0.2) is 4.98 Å². The second-order valence-corrected chi connectivity index (χ2v) is 9.11. The Balaban J connectivity index is 1.67. The SMILES string of the molecule is NCC1CCCC(CC23C=CC=C(C2=S)c2nc4cc(Cl)ccc4c(=O)n23)C1. The van der Waals surface area contributed by atoms with Crippen molar-refractivity contribution < 1.29 is 0 Å². The Labute approximate surface area is 174 Å². The monoisotopic (exact) mass is 411 g/mol. The van der Waals surface area contributed by atoms with Crippen molar-refractivity contribution in [1.82, 2.24) is 9.55 Å². The molecule has 0 saturated heterocycles. The second-order valence-electron chi connectivity index (χ2n) is 8.27. The van der Waals surface area contributed by atoms with Crippen LogP contribution in [0.2, 0.25) is 5.02 Å².